The maximum atomic E-state index is 12.7. The fourth-order valence-corrected chi connectivity index (χ4v) is 4.05. The number of benzene rings is 1. The fourth-order valence-electron chi connectivity index (χ4n) is 4.05. The summed E-state index contributed by atoms with van der Waals surface area (Å²) in [5.41, 5.74) is 6.80. The van der Waals surface area contributed by atoms with E-state index in [1.807, 2.05) is 17.0 Å². The van der Waals surface area contributed by atoms with E-state index in [0.717, 1.165) is 43.9 Å². The van der Waals surface area contributed by atoms with Gasteiger partial charge in [-0.1, -0.05) is 31.4 Å². The van der Waals surface area contributed by atoms with Crippen molar-refractivity contribution in [2.75, 3.05) is 20.1 Å². The van der Waals surface area contributed by atoms with Crippen LogP contribution in [0.1, 0.15) is 54.4 Å². The molecule has 0 spiro atoms. The second kappa shape index (κ2) is 11.4. The van der Waals surface area contributed by atoms with Gasteiger partial charge in [-0.3, -0.25) is 14.6 Å². The summed E-state index contributed by atoms with van der Waals surface area (Å²) in [6, 6.07) is 7.42. The number of carbonyl (C=O) groups is 2. The van der Waals surface area contributed by atoms with Crippen molar-refractivity contribution in [2.45, 2.75) is 51.1 Å². The smallest absolute Gasteiger partial charge is 0.248 e. The molecule has 1 saturated heterocycles. The van der Waals surface area contributed by atoms with Crippen LogP contribution in [0.5, 0.6) is 0 Å². The van der Waals surface area contributed by atoms with Crippen molar-refractivity contribution in [3.63, 3.8) is 0 Å². The van der Waals surface area contributed by atoms with E-state index >= 15 is 0 Å². The van der Waals surface area contributed by atoms with Crippen LogP contribution in [0.3, 0.4) is 0 Å². The number of aliphatic imine (C=N–C) groups is 1. The standard InChI is InChI=1S/C21H31N5O2.HI/c1-23-21(24-13-15-7-9-16(10-8-15)19(22)27)25-18-11-12-26(14-18)20(28)17-5-3-2-4-6-17;/h7-10,17-18H,2-6,11-14H2,1H3,(H2,22,27)(H2,23,24,25);1H. The van der Waals surface area contributed by atoms with Crippen molar-refractivity contribution in [1.82, 2.24) is 15.5 Å². The van der Waals surface area contributed by atoms with E-state index < -0.39 is 5.91 Å². The molecule has 8 heteroatoms. The zero-order valence-corrected chi connectivity index (χ0v) is 19.4. The summed E-state index contributed by atoms with van der Waals surface area (Å²) in [5, 5.41) is 6.71. The van der Waals surface area contributed by atoms with Crippen LogP contribution >= 0.6 is 24.0 Å². The monoisotopic (exact) mass is 513 g/mol. The molecule has 2 aliphatic rings. The third kappa shape index (κ3) is 6.58. The lowest BCUT2D eigenvalue weighted by Gasteiger charge is -2.26. The van der Waals surface area contributed by atoms with E-state index in [1.54, 1.807) is 19.2 Å². The van der Waals surface area contributed by atoms with E-state index in [9.17, 15) is 9.59 Å². The van der Waals surface area contributed by atoms with Crippen molar-refractivity contribution >= 4 is 41.8 Å². The van der Waals surface area contributed by atoms with Crippen LogP contribution in [0.15, 0.2) is 29.3 Å². The molecule has 1 aliphatic carbocycles. The fraction of sp³-hybridized carbons (Fsp3) is 0.571. The Labute approximate surface area is 189 Å². The number of amides is 2. The molecule has 1 atom stereocenters. The molecule has 0 radical (unpaired) electrons. The van der Waals surface area contributed by atoms with Gasteiger partial charge in [0.15, 0.2) is 5.96 Å². The third-order valence-electron chi connectivity index (χ3n) is 5.72. The molecule has 29 heavy (non-hydrogen) atoms. The summed E-state index contributed by atoms with van der Waals surface area (Å²) in [5.74, 6) is 0.858. The number of carbonyl (C=O) groups excluding carboxylic acids is 2. The van der Waals surface area contributed by atoms with Gasteiger partial charge in [0.1, 0.15) is 0 Å². The van der Waals surface area contributed by atoms with Gasteiger partial charge in [-0.25, -0.2) is 0 Å². The second-order valence-electron chi connectivity index (χ2n) is 7.74. The Kier molecular flexibility index (Phi) is 9.19. The van der Waals surface area contributed by atoms with Crippen LogP contribution in [0.25, 0.3) is 0 Å². The Hall–Kier alpha value is -1.84. The molecule has 1 aliphatic heterocycles. The maximum Gasteiger partial charge on any atom is 0.248 e. The van der Waals surface area contributed by atoms with Gasteiger partial charge in [-0.15, -0.1) is 24.0 Å². The lowest BCUT2D eigenvalue weighted by molar-refractivity contribution is -0.135. The molecular formula is C21H32IN5O2. The first-order valence-corrected chi connectivity index (χ1v) is 10.2. The molecule has 1 heterocycles. The quantitative estimate of drug-likeness (QED) is 0.320. The van der Waals surface area contributed by atoms with Crippen molar-refractivity contribution in [3.8, 4) is 0 Å². The summed E-state index contributed by atoms with van der Waals surface area (Å²) in [6.45, 7) is 2.15. The summed E-state index contributed by atoms with van der Waals surface area (Å²) in [6.07, 6.45) is 6.66. The first-order chi connectivity index (χ1) is 13.6. The largest absolute Gasteiger partial charge is 0.366 e. The van der Waals surface area contributed by atoms with Gasteiger partial charge in [0.05, 0.1) is 0 Å². The lowest BCUT2D eigenvalue weighted by Crippen LogP contribution is -2.45. The van der Waals surface area contributed by atoms with Crippen LogP contribution in [-0.2, 0) is 11.3 Å². The topological polar surface area (TPSA) is 99.8 Å². The van der Waals surface area contributed by atoms with Crippen molar-refractivity contribution < 1.29 is 9.59 Å². The molecule has 4 N–H and O–H groups in total. The van der Waals surface area contributed by atoms with Gasteiger partial charge in [0, 0.05) is 44.2 Å². The molecule has 2 fully saturated rings. The molecule has 1 aromatic rings. The van der Waals surface area contributed by atoms with E-state index in [2.05, 4.69) is 15.6 Å². The molecular weight excluding hydrogens is 481 g/mol. The van der Waals surface area contributed by atoms with E-state index in [0.29, 0.717) is 18.0 Å². The number of rotatable bonds is 5. The van der Waals surface area contributed by atoms with Crippen molar-refractivity contribution in [3.05, 3.63) is 35.4 Å². The highest BCUT2D eigenvalue weighted by Gasteiger charge is 2.31. The summed E-state index contributed by atoms with van der Waals surface area (Å²) >= 11 is 0. The highest BCUT2D eigenvalue weighted by Crippen LogP contribution is 2.26. The molecule has 1 aromatic carbocycles. The Morgan fingerprint density at radius 2 is 1.83 bits per heavy atom. The summed E-state index contributed by atoms with van der Waals surface area (Å²) in [4.78, 5) is 30.2. The van der Waals surface area contributed by atoms with Crippen LogP contribution in [0, 0.1) is 5.92 Å². The molecule has 0 aromatic heterocycles. The number of hydrogen-bond donors (Lipinski definition) is 3. The van der Waals surface area contributed by atoms with Gasteiger partial charge in [0.25, 0.3) is 0 Å². The SMILES string of the molecule is CN=C(NCc1ccc(C(N)=O)cc1)NC1CCN(C(=O)C2CCCCC2)C1.I. The first-order valence-electron chi connectivity index (χ1n) is 10.2. The minimum Gasteiger partial charge on any atom is -0.366 e. The summed E-state index contributed by atoms with van der Waals surface area (Å²) in [7, 11) is 1.74. The Bertz CT molecular complexity index is 716. The molecule has 2 amide bonds. The van der Waals surface area contributed by atoms with E-state index in [-0.39, 0.29) is 35.9 Å². The Morgan fingerprint density at radius 3 is 2.45 bits per heavy atom. The number of nitrogens with zero attached hydrogens (tertiary/aromatic N) is 2. The lowest BCUT2D eigenvalue weighted by atomic mass is 9.88. The highest BCUT2D eigenvalue weighted by atomic mass is 127. The molecule has 7 nitrogen and oxygen atoms in total. The number of guanidine groups is 1. The predicted octanol–water partition coefficient (Wildman–Crippen LogP) is 2.25. The molecule has 1 unspecified atom stereocenters. The minimum atomic E-state index is -0.425. The van der Waals surface area contributed by atoms with Gasteiger partial charge in [-0.2, -0.15) is 0 Å². The molecule has 160 valence electrons. The number of halogens is 1. The van der Waals surface area contributed by atoms with E-state index in [4.69, 9.17) is 5.73 Å². The zero-order valence-electron chi connectivity index (χ0n) is 17.0. The van der Waals surface area contributed by atoms with Crippen LogP contribution in [-0.4, -0.2) is 48.9 Å². The highest BCUT2D eigenvalue weighted by molar-refractivity contribution is 14.0. The zero-order chi connectivity index (χ0) is 19.9. The van der Waals surface area contributed by atoms with Crippen molar-refractivity contribution in [1.29, 1.82) is 0 Å². The van der Waals surface area contributed by atoms with Gasteiger partial charge in [0.2, 0.25) is 11.8 Å². The second-order valence-corrected chi connectivity index (χ2v) is 7.74. The predicted molar refractivity (Wildman–Crippen MR) is 125 cm³/mol. The van der Waals surface area contributed by atoms with Gasteiger partial charge < -0.3 is 21.3 Å². The van der Waals surface area contributed by atoms with E-state index in [1.165, 1.54) is 19.3 Å². The Morgan fingerprint density at radius 1 is 1.14 bits per heavy atom. The van der Waals surface area contributed by atoms with Gasteiger partial charge in [-0.05, 0) is 37.0 Å². The average Bonchev–Trinajstić information content (AvgIpc) is 3.20. The molecule has 0 bridgehead atoms. The van der Waals surface area contributed by atoms with Crippen LogP contribution in [0.2, 0.25) is 0 Å². The number of nitrogens with two attached hydrogens (primary N) is 1. The number of likely N-dealkylation sites (tertiary alicyclic amines) is 1. The molecule has 3 rings (SSSR count). The maximum absolute atomic E-state index is 12.7. The Balaban J connectivity index is 0.00000300. The molecule has 1 saturated carbocycles. The number of hydrogen-bond acceptors (Lipinski definition) is 3. The van der Waals surface area contributed by atoms with Crippen molar-refractivity contribution in [2.24, 2.45) is 16.6 Å². The van der Waals surface area contributed by atoms with Gasteiger partial charge >= 0.3 is 0 Å². The summed E-state index contributed by atoms with van der Waals surface area (Å²) < 4.78 is 0. The first kappa shape index (κ1) is 23.4. The average molecular weight is 513 g/mol. The number of primary amides is 1. The third-order valence-corrected chi connectivity index (χ3v) is 5.72. The number of nitrogens with one attached hydrogen (secondary N) is 2. The normalized spacial score (nSPS) is 20.1. The minimum absolute atomic E-state index is 0. The van der Waals surface area contributed by atoms with Crippen LogP contribution < -0.4 is 16.4 Å². The van der Waals surface area contributed by atoms with Crippen LogP contribution in [0.4, 0.5) is 0 Å².